The maximum atomic E-state index is 11.5. The first-order chi connectivity index (χ1) is 9.18. The molecule has 0 saturated heterocycles. The summed E-state index contributed by atoms with van der Waals surface area (Å²) in [4.78, 5) is 11.5. The van der Waals surface area contributed by atoms with Crippen LogP contribution in [-0.4, -0.2) is 42.5 Å². The Morgan fingerprint density at radius 3 is 2.58 bits per heavy atom. The van der Waals surface area contributed by atoms with Crippen molar-refractivity contribution in [1.82, 2.24) is 10.6 Å². The molecule has 0 heterocycles. The van der Waals surface area contributed by atoms with Crippen LogP contribution in [0.5, 0.6) is 0 Å². The number of amides is 2. The lowest BCUT2D eigenvalue weighted by Crippen LogP contribution is -2.50. The lowest BCUT2D eigenvalue weighted by atomic mass is 9.80. The molecule has 0 radical (unpaired) electrons. The maximum Gasteiger partial charge on any atom is 0.314 e. The van der Waals surface area contributed by atoms with Gasteiger partial charge in [0.05, 0.1) is 11.7 Å². The van der Waals surface area contributed by atoms with Crippen molar-refractivity contribution in [1.29, 1.82) is 0 Å². The van der Waals surface area contributed by atoms with Crippen LogP contribution in [0, 0.1) is 0 Å². The summed E-state index contributed by atoms with van der Waals surface area (Å²) in [5, 5.41) is 15.3. The van der Waals surface area contributed by atoms with Gasteiger partial charge in [-0.25, -0.2) is 4.79 Å². The van der Waals surface area contributed by atoms with Gasteiger partial charge in [0.25, 0.3) is 0 Å². The zero-order valence-electron chi connectivity index (χ0n) is 11.6. The molecule has 2 rings (SSSR count). The quantitative estimate of drug-likeness (QED) is 0.615. The van der Waals surface area contributed by atoms with E-state index in [0.717, 1.165) is 32.3 Å². The average Bonchev–Trinajstić information content (AvgIpc) is 2.87. The summed E-state index contributed by atoms with van der Waals surface area (Å²) in [6, 6.07) is -0.193. The predicted octanol–water partition coefficient (Wildman–Crippen LogP) is 1.55. The van der Waals surface area contributed by atoms with Gasteiger partial charge in [0.1, 0.15) is 0 Å². The number of ether oxygens (including phenoxy) is 1. The molecule has 2 saturated carbocycles. The van der Waals surface area contributed by atoms with E-state index in [1.807, 2.05) is 0 Å². The molecule has 0 spiro atoms. The van der Waals surface area contributed by atoms with Crippen molar-refractivity contribution in [3.8, 4) is 0 Å². The second kappa shape index (κ2) is 7.10. The number of nitrogens with one attached hydrogen (secondary N) is 2. The van der Waals surface area contributed by atoms with Crippen molar-refractivity contribution in [3.05, 3.63) is 0 Å². The Bertz CT molecular complexity index is 286. The summed E-state index contributed by atoms with van der Waals surface area (Å²) >= 11 is 0. The lowest BCUT2D eigenvalue weighted by Gasteiger charge is -2.36. The Balaban J connectivity index is 1.42. The van der Waals surface area contributed by atoms with E-state index in [9.17, 15) is 9.90 Å². The third kappa shape index (κ3) is 4.99. The number of hydrogen-bond acceptors (Lipinski definition) is 3. The van der Waals surface area contributed by atoms with Crippen LogP contribution in [0.3, 0.4) is 0 Å². The topological polar surface area (TPSA) is 70.6 Å². The minimum Gasteiger partial charge on any atom is -0.388 e. The Hall–Kier alpha value is -0.810. The first kappa shape index (κ1) is 14.6. The third-order valence-corrected chi connectivity index (χ3v) is 4.12. The fourth-order valence-electron chi connectivity index (χ4n) is 2.65. The molecule has 2 aliphatic carbocycles. The predicted molar refractivity (Wildman–Crippen MR) is 73.0 cm³/mol. The molecule has 0 aromatic carbocycles. The maximum absolute atomic E-state index is 11.5. The van der Waals surface area contributed by atoms with E-state index in [0.29, 0.717) is 19.2 Å². The molecule has 0 bridgehead atoms. The summed E-state index contributed by atoms with van der Waals surface area (Å²) in [5.74, 6) is 0. The van der Waals surface area contributed by atoms with Crippen LogP contribution >= 0.6 is 0 Å². The summed E-state index contributed by atoms with van der Waals surface area (Å²) in [6.07, 6.45) is 8.88. The highest BCUT2D eigenvalue weighted by molar-refractivity contribution is 5.73. The Morgan fingerprint density at radius 1 is 1.21 bits per heavy atom. The Labute approximate surface area is 115 Å². The molecule has 5 nitrogen and oxygen atoms in total. The monoisotopic (exact) mass is 270 g/mol. The van der Waals surface area contributed by atoms with Crippen molar-refractivity contribution >= 4 is 6.03 Å². The summed E-state index contributed by atoms with van der Waals surface area (Å²) in [7, 11) is 0. The minimum atomic E-state index is -0.650. The highest BCUT2D eigenvalue weighted by Crippen LogP contribution is 2.30. The lowest BCUT2D eigenvalue weighted by molar-refractivity contribution is -0.0290. The highest BCUT2D eigenvalue weighted by Gasteiger charge is 2.34. The summed E-state index contributed by atoms with van der Waals surface area (Å²) < 4.78 is 5.71. The Morgan fingerprint density at radius 2 is 1.95 bits per heavy atom. The van der Waals surface area contributed by atoms with Gasteiger partial charge in [-0.3, -0.25) is 0 Å². The van der Waals surface area contributed by atoms with Crippen molar-refractivity contribution in [3.63, 3.8) is 0 Å². The van der Waals surface area contributed by atoms with Gasteiger partial charge in [-0.2, -0.15) is 0 Å². The molecule has 0 aromatic heterocycles. The van der Waals surface area contributed by atoms with E-state index in [1.165, 1.54) is 25.7 Å². The molecule has 0 aliphatic heterocycles. The van der Waals surface area contributed by atoms with Crippen molar-refractivity contribution in [2.24, 2.45) is 0 Å². The van der Waals surface area contributed by atoms with Gasteiger partial charge in [0.15, 0.2) is 0 Å². The van der Waals surface area contributed by atoms with E-state index in [4.69, 9.17) is 4.74 Å². The van der Waals surface area contributed by atoms with Crippen LogP contribution in [-0.2, 0) is 4.74 Å². The second-order valence-corrected chi connectivity index (χ2v) is 5.82. The average molecular weight is 270 g/mol. The van der Waals surface area contributed by atoms with E-state index < -0.39 is 5.60 Å². The number of hydrogen-bond donors (Lipinski definition) is 3. The molecule has 2 aliphatic rings. The van der Waals surface area contributed by atoms with E-state index >= 15 is 0 Å². The molecule has 5 heteroatoms. The van der Waals surface area contributed by atoms with Gasteiger partial charge in [0, 0.05) is 19.7 Å². The highest BCUT2D eigenvalue weighted by atomic mass is 16.5. The molecular formula is C14H26N2O3. The normalized spacial score (nSPS) is 21.9. The van der Waals surface area contributed by atoms with Gasteiger partial charge in [-0.15, -0.1) is 0 Å². The van der Waals surface area contributed by atoms with Crippen LogP contribution in [0.1, 0.15) is 51.4 Å². The van der Waals surface area contributed by atoms with Crippen LogP contribution in [0.15, 0.2) is 0 Å². The third-order valence-electron chi connectivity index (χ3n) is 4.12. The standard InChI is InChI=1S/C14H26N2O3/c17-13(16-11-14(18)7-3-8-14)15-9-4-10-19-12-5-1-2-6-12/h12,18H,1-11H2,(H2,15,16,17). The number of carbonyl (C=O) groups is 1. The molecule has 2 amide bonds. The fraction of sp³-hybridized carbons (Fsp3) is 0.929. The van der Waals surface area contributed by atoms with Gasteiger partial charge in [0.2, 0.25) is 0 Å². The molecule has 19 heavy (non-hydrogen) atoms. The van der Waals surface area contributed by atoms with Crippen LogP contribution in [0.4, 0.5) is 4.79 Å². The van der Waals surface area contributed by atoms with E-state index in [1.54, 1.807) is 0 Å². The van der Waals surface area contributed by atoms with Crippen molar-refractivity contribution < 1.29 is 14.6 Å². The molecular weight excluding hydrogens is 244 g/mol. The van der Waals surface area contributed by atoms with Crippen molar-refractivity contribution in [2.75, 3.05) is 19.7 Å². The van der Waals surface area contributed by atoms with Gasteiger partial charge in [-0.1, -0.05) is 12.8 Å². The number of rotatable bonds is 7. The first-order valence-electron chi connectivity index (χ1n) is 7.54. The summed E-state index contributed by atoms with van der Waals surface area (Å²) in [6.45, 7) is 1.70. The molecule has 2 fully saturated rings. The van der Waals surface area contributed by atoms with Crippen LogP contribution < -0.4 is 10.6 Å². The largest absolute Gasteiger partial charge is 0.388 e. The van der Waals surface area contributed by atoms with Gasteiger partial charge < -0.3 is 20.5 Å². The molecule has 0 aromatic rings. The van der Waals surface area contributed by atoms with Crippen molar-refractivity contribution in [2.45, 2.75) is 63.1 Å². The number of carbonyl (C=O) groups excluding carboxylic acids is 1. The van der Waals surface area contributed by atoms with Crippen LogP contribution in [0.2, 0.25) is 0 Å². The van der Waals surface area contributed by atoms with Crippen LogP contribution in [0.25, 0.3) is 0 Å². The number of aliphatic hydroxyl groups is 1. The number of urea groups is 1. The Kier molecular flexibility index (Phi) is 5.45. The zero-order chi connectivity index (χ0) is 13.6. The minimum absolute atomic E-state index is 0.193. The first-order valence-corrected chi connectivity index (χ1v) is 7.54. The van der Waals surface area contributed by atoms with Gasteiger partial charge in [-0.05, 0) is 38.5 Å². The van der Waals surface area contributed by atoms with E-state index in [2.05, 4.69) is 10.6 Å². The molecule has 110 valence electrons. The molecule has 0 unspecified atom stereocenters. The summed E-state index contributed by atoms with van der Waals surface area (Å²) in [5.41, 5.74) is -0.650. The molecule has 0 atom stereocenters. The molecule has 3 N–H and O–H groups in total. The van der Waals surface area contributed by atoms with Gasteiger partial charge >= 0.3 is 6.03 Å². The fourth-order valence-corrected chi connectivity index (χ4v) is 2.65. The smallest absolute Gasteiger partial charge is 0.314 e. The second-order valence-electron chi connectivity index (χ2n) is 5.82. The SMILES string of the molecule is O=C(NCCCOC1CCCC1)NCC1(O)CCC1. The zero-order valence-corrected chi connectivity index (χ0v) is 11.6. The van der Waals surface area contributed by atoms with E-state index in [-0.39, 0.29) is 6.03 Å².